The van der Waals surface area contributed by atoms with E-state index < -0.39 is 11.6 Å². The molecule has 5 heteroatoms. The third kappa shape index (κ3) is 2.08. The van der Waals surface area contributed by atoms with Gasteiger partial charge in [0.1, 0.15) is 5.75 Å². The Balaban J connectivity index is 2.17. The molecule has 17 heavy (non-hydrogen) atoms. The molecule has 0 aromatic heterocycles. The molecular formula is C12H12NO4-. The first-order valence-electron chi connectivity index (χ1n) is 5.16. The maximum absolute atomic E-state index is 10.9. The van der Waals surface area contributed by atoms with Crippen LogP contribution < -0.4 is 9.84 Å². The first kappa shape index (κ1) is 11.4. The third-order valence-corrected chi connectivity index (χ3v) is 2.72. The number of hydrogen-bond acceptors (Lipinski definition) is 5. The van der Waals surface area contributed by atoms with Crippen molar-refractivity contribution < 1.29 is 19.5 Å². The summed E-state index contributed by atoms with van der Waals surface area (Å²) >= 11 is 0. The Labute approximate surface area is 98.6 Å². The maximum atomic E-state index is 10.9. The number of carboxylic acids is 1. The summed E-state index contributed by atoms with van der Waals surface area (Å²) in [6, 6.07) is 7.18. The van der Waals surface area contributed by atoms with Gasteiger partial charge in [-0.15, -0.1) is 0 Å². The molecule has 0 spiro atoms. The molecule has 0 fully saturated rings. The molecular weight excluding hydrogens is 222 g/mol. The summed E-state index contributed by atoms with van der Waals surface area (Å²) in [5.74, 6) is -0.527. The summed E-state index contributed by atoms with van der Waals surface area (Å²) in [7, 11) is 1.58. The summed E-state index contributed by atoms with van der Waals surface area (Å²) in [5.41, 5.74) is 0.0463. The van der Waals surface area contributed by atoms with Gasteiger partial charge in [-0.1, -0.05) is 5.16 Å². The Bertz CT molecular complexity index is 466. The third-order valence-electron chi connectivity index (χ3n) is 2.72. The van der Waals surface area contributed by atoms with Crippen LogP contribution in [0.1, 0.15) is 18.9 Å². The molecule has 0 aliphatic carbocycles. The number of carbonyl (C=O) groups excluding carboxylic acids is 1. The van der Waals surface area contributed by atoms with Crippen molar-refractivity contribution in [2.45, 2.75) is 18.9 Å². The minimum atomic E-state index is -1.37. The van der Waals surface area contributed by atoms with Crippen molar-refractivity contribution >= 4 is 11.7 Å². The molecule has 1 aliphatic heterocycles. The highest BCUT2D eigenvalue weighted by molar-refractivity contribution is 6.04. The number of benzene rings is 1. The van der Waals surface area contributed by atoms with Gasteiger partial charge in [-0.25, -0.2) is 0 Å². The van der Waals surface area contributed by atoms with Crippen molar-refractivity contribution in [3.63, 3.8) is 0 Å². The van der Waals surface area contributed by atoms with Crippen LogP contribution in [-0.4, -0.2) is 24.4 Å². The normalized spacial score (nSPS) is 22.8. The van der Waals surface area contributed by atoms with Crippen LogP contribution in [-0.2, 0) is 9.63 Å². The standard InChI is InChI=1S/C12H13NO4/c1-12(11(14)15)7-10(13-17-12)8-3-5-9(16-2)6-4-8/h3-6H,7H2,1-2H3,(H,14,15)/p-1/t12-/m1/s1. The molecule has 0 radical (unpaired) electrons. The molecule has 1 aromatic rings. The van der Waals surface area contributed by atoms with Crippen LogP contribution in [0.4, 0.5) is 0 Å². The second-order valence-electron chi connectivity index (χ2n) is 4.05. The average Bonchev–Trinajstić information content (AvgIpc) is 2.74. The van der Waals surface area contributed by atoms with Crippen molar-refractivity contribution in [1.82, 2.24) is 0 Å². The van der Waals surface area contributed by atoms with Crippen molar-refractivity contribution in [3.8, 4) is 5.75 Å². The molecule has 1 aliphatic rings. The highest BCUT2D eigenvalue weighted by Gasteiger charge is 2.36. The van der Waals surface area contributed by atoms with Crippen LogP contribution >= 0.6 is 0 Å². The number of nitrogens with zero attached hydrogens (tertiary/aromatic N) is 1. The van der Waals surface area contributed by atoms with E-state index in [2.05, 4.69) is 5.16 Å². The highest BCUT2D eigenvalue weighted by Crippen LogP contribution is 2.26. The SMILES string of the molecule is COc1ccc(C2=NO[C@@](C)(C(=O)[O-])C2)cc1. The van der Waals surface area contributed by atoms with Gasteiger partial charge in [0.25, 0.3) is 0 Å². The van der Waals surface area contributed by atoms with Gasteiger partial charge >= 0.3 is 0 Å². The van der Waals surface area contributed by atoms with Crippen LogP contribution in [0.5, 0.6) is 5.75 Å². The van der Waals surface area contributed by atoms with Gasteiger partial charge < -0.3 is 19.5 Å². The molecule has 1 heterocycles. The van der Waals surface area contributed by atoms with Crippen LogP contribution in [0.15, 0.2) is 29.4 Å². The van der Waals surface area contributed by atoms with E-state index in [9.17, 15) is 9.90 Å². The smallest absolute Gasteiger partial charge is 0.179 e. The van der Waals surface area contributed by atoms with Crippen molar-refractivity contribution in [2.75, 3.05) is 7.11 Å². The largest absolute Gasteiger partial charge is 0.546 e. The summed E-state index contributed by atoms with van der Waals surface area (Å²) in [6.45, 7) is 1.45. The molecule has 1 atom stereocenters. The lowest BCUT2D eigenvalue weighted by atomic mass is 9.96. The lowest BCUT2D eigenvalue weighted by Crippen LogP contribution is -2.46. The summed E-state index contributed by atoms with van der Waals surface area (Å²) in [6.07, 6.45) is 0.196. The summed E-state index contributed by atoms with van der Waals surface area (Å²) in [5, 5.41) is 14.7. The number of carbonyl (C=O) groups is 1. The van der Waals surface area contributed by atoms with Crippen LogP contribution in [0.2, 0.25) is 0 Å². The lowest BCUT2D eigenvalue weighted by molar-refractivity contribution is -0.324. The Morgan fingerprint density at radius 2 is 2.12 bits per heavy atom. The second kappa shape index (κ2) is 4.08. The average molecular weight is 234 g/mol. The van der Waals surface area contributed by atoms with E-state index >= 15 is 0 Å². The zero-order valence-electron chi connectivity index (χ0n) is 9.60. The predicted octanol–water partition coefficient (Wildman–Crippen LogP) is 0.328. The fraction of sp³-hybridized carbons (Fsp3) is 0.333. The maximum Gasteiger partial charge on any atom is 0.179 e. The highest BCUT2D eigenvalue weighted by atomic mass is 16.7. The van der Waals surface area contributed by atoms with Crippen LogP contribution in [0, 0.1) is 0 Å². The number of ether oxygens (including phenoxy) is 1. The number of methoxy groups -OCH3 is 1. The minimum absolute atomic E-state index is 0.196. The predicted molar refractivity (Wildman–Crippen MR) is 58.6 cm³/mol. The number of aliphatic carboxylic acids is 1. The zero-order chi connectivity index (χ0) is 12.5. The lowest BCUT2D eigenvalue weighted by Gasteiger charge is -2.21. The quantitative estimate of drug-likeness (QED) is 0.755. The summed E-state index contributed by atoms with van der Waals surface area (Å²) in [4.78, 5) is 15.8. The number of oxime groups is 1. The Morgan fingerprint density at radius 3 is 2.59 bits per heavy atom. The van der Waals surface area contributed by atoms with Crippen LogP contribution in [0.25, 0.3) is 0 Å². The molecule has 0 saturated carbocycles. The first-order chi connectivity index (χ1) is 8.05. The fourth-order valence-corrected chi connectivity index (χ4v) is 1.59. The first-order valence-corrected chi connectivity index (χ1v) is 5.16. The van der Waals surface area contributed by atoms with E-state index in [1.54, 1.807) is 19.2 Å². The van der Waals surface area contributed by atoms with Gasteiger partial charge in [-0.05, 0) is 36.8 Å². The minimum Gasteiger partial charge on any atom is -0.546 e. The van der Waals surface area contributed by atoms with Gasteiger partial charge in [0.2, 0.25) is 0 Å². The van der Waals surface area contributed by atoms with Gasteiger partial charge in [-0.2, -0.15) is 0 Å². The van der Waals surface area contributed by atoms with Crippen molar-refractivity contribution in [1.29, 1.82) is 0 Å². The van der Waals surface area contributed by atoms with Crippen molar-refractivity contribution in [2.24, 2.45) is 5.16 Å². The number of carboxylic acid groups (broad SMARTS) is 1. The monoisotopic (exact) mass is 234 g/mol. The second-order valence-corrected chi connectivity index (χ2v) is 4.05. The Morgan fingerprint density at radius 1 is 1.47 bits per heavy atom. The number of rotatable bonds is 3. The zero-order valence-corrected chi connectivity index (χ0v) is 9.60. The van der Waals surface area contributed by atoms with Crippen LogP contribution in [0.3, 0.4) is 0 Å². The molecule has 90 valence electrons. The summed E-state index contributed by atoms with van der Waals surface area (Å²) < 4.78 is 5.04. The molecule has 0 unspecified atom stereocenters. The van der Waals surface area contributed by atoms with E-state index in [0.29, 0.717) is 5.71 Å². The van der Waals surface area contributed by atoms with Gasteiger partial charge in [-0.3, -0.25) is 0 Å². The molecule has 0 N–H and O–H groups in total. The molecule has 0 saturated heterocycles. The molecule has 5 nitrogen and oxygen atoms in total. The van der Waals surface area contributed by atoms with E-state index in [1.165, 1.54) is 6.92 Å². The molecule has 1 aromatic carbocycles. The molecule has 2 rings (SSSR count). The Kier molecular flexibility index (Phi) is 2.75. The number of hydrogen-bond donors (Lipinski definition) is 0. The van der Waals surface area contributed by atoms with E-state index in [4.69, 9.17) is 9.57 Å². The van der Waals surface area contributed by atoms with E-state index in [-0.39, 0.29) is 6.42 Å². The Hall–Kier alpha value is -2.04. The van der Waals surface area contributed by atoms with Crippen molar-refractivity contribution in [3.05, 3.63) is 29.8 Å². The van der Waals surface area contributed by atoms with Gasteiger partial charge in [0.15, 0.2) is 5.60 Å². The fourth-order valence-electron chi connectivity index (χ4n) is 1.59. The van der Waals surface area contributed by atoms with Gasteiger partial charge in [0.05, 0.1) is 18.8 Å². The molecule has 0 amide bonds. The molecule has 0 bridgehead atoms. The van der Waals surface area contributed by atoms with E-state index in [1.807, 2.05) is 12.1 Å². The van der Waals surface area contributed by atoms with Gasteiger partial charge in [0, 0.05) is 6.42 Å². The van der Waals surface area contributed by atoms with E-state index in [0.717, 1.165) is 11.3 Å². The topological polar surface area (TPSA) is 71.0 Å².